The molecule has 0 saturated carbocycles. The molecule has 2 amide bonds. The Morgan fingerprint density at radius 1 is 1.09 bits per heavy atom. The van der Waals surface area contributed by atoms with Crippen LogP contribution in [0.25, 0.3) is 11.0 Å². The van der Waals surface area contributed by atoms with Gasteiger partial charge in [0, 0.05) is 69.4 Å². The number of aromatic hydroxyl groups is 1. The number of amides is 2. The van der Waals surface area contributed by atoms with Crippen LogP contribution >= 0.6 is 12.1 Å². The minimum Gasteiger partial charge on any atom is -0.504 e. The number of phenols is 1. The van der Waals surface area contributed by atoms with Crippen LogP contribution in [0, 0.1) is 0 Å². The number of hydrogen-bond donors (Lipinski definition) is 3. The van der Waals surface area contributed by atoms with E-state index in [1.165, 1.54) is 48.2 Å². The number of carbonyl (C=O) groups is 2. The molecule has 186 valence electrons. The zero-order valence-electron chi connectivity index (χ0n) is 20.2. The number of hydrogen-bond acceptors (Lipinski definition) is 9. The number of phenolic OH excluding ortho intramolecular Hbond substituents is 1. The molecule has 1 heterocycles. The lowest BCUT2D eigenvalue weighted by atomic mass is 9.95. The highest BCUT2D eigenvalue weighted by molar-refractivity contribution is 7.98. The molecule has 0 unspecified atom stereocenters. The van der Waals surface area contributed by atoms with E-state index in [-0.39, 0.29) is 35.8 Å². The second-order valence-corrected chi connectivity index (χ2v) is 8.99. The Labute approximate surface area is 207 Å². The van der Waals surface area contributed by atoms with E-state index in [2.05, 4.69) is 9.44 Å². The summed E-state index contributed by atoms with van der Waals surface area (Å²) < 4.78 is 16.8. The summed E-state index contributed by atoms with van der Waals surface area (Å²) in [6.45, 7) is 0. The molecule has 0 atom stereocenters. The maximum Gasteiger partial charge on any atom is 0.414 e. The summed E-state index contributed by atoms with van der Waals surface area (Å²) >= 11 is 1.31. The lowest BCUT2D eigenvalue weighted by Crippen LogP contribution is -2.26. The van der Waals surface area contributed by atoms with Crippen molar-refractivity contribution in [2.45, 2.75) is 12.8 Å². The predicted molar refractivity (Wildman–Crippen MR) is 136 cm³/mol. The van der Waals surface area contributed by atoms with Gasteiger partial charge in [-0.25, -0.2) is 14.3 Å². The van der Waals surface area contributed by atoms with Crippen LogP contribution in [0.5, 0.6) is 11.5 Å². The first-order chi connectivity index (χ1) is 16.6. The van der Waals surface area contributed by atoms with Gasteiger partial charge in [0.05, 0.1) is 6.42 Å². The fraction of sp³-hybridized carbons (Fsp3) is 0.292. The lowest BCUT2D eigenvalue weighted by molar-refractivity contribution is -0.127. The number of carbonyl (C=O) groups excluding carboxylic acids is 2. The highest BCUT2D eigenvalue weighted by Gasteiger charge is 2.22. The second kappa shape index (κ2) is 11.2. The maximum absolute atomic E-state index is 13.1. The SMILES string of the molecule is CNSNc1cccc(Cc2c(CC(=O)N(C)C)c3cc(O)c(OC(=O)N(C)C)cc3oc2=O)c1. The van der Waals surface area contributed by atoms with Crippen LogP contribution in [-0.4, -0.2) is 62.1 Å². The third kappa shape index (κ3) is 6.25. The lowest BCUT2D eigenvalue weighted by Gasteiger charge is -2.16. The van der Waals surface area contributed by atoms with Crippen molar-refractivity contribution in [3.63, 3.8) is 0 Å². The van der Waals surface area contributed by atoms with E-state index in [1.54, 1.807) is 21.1 Å². The fourth-order valence-corrected chi connectivity index (χ4v) is 3.68. The first-order valence-electron chi connectivity index (χ1n) is 10.7. The summed E-state index contributed by atoms with van der Waals surface area (Å²) in [4.78, 5) is 40.3. The zero-order valence-corrected chi connectivity index (χ0v) is 21.0. The third-order valence-electron chi connectivity index (χ3n) is 5.17. The van der Waals surface area contributed by atoms with Crippen molar-refractivity contribution in [3.05, 3.63) is 63.5 Å². The monoisotopic (exact) mass is 500 g/mol. The number of anilines is 1. The average molecular weight is 501 g/mol. The standard InChI is InChI=1S/C24H28N4O6S/c1-25-35-26-15-8-6-7-14(9-15)10-18-16(12-22(30)27(2)3)17-11-19(29)21(34-24(32)28(4)5)13-20(17)33-23(18)31/h6-9,11,13,25-26,29H,10,12H2,1-5H3. The normalized spacial score (nSPS) is 10.8. The molecule has 0 aliphatic carbocycles. The van der Waals surface area contributed by atoms with Crippen molar-refractivity contribution in [2.24, 2.45) is 0 Å². The Bertz CT molecular complexity index is 1310. The minimum atomic E-state index is -0.702. The molecule has 0 aliphatic rings. The van der Waals surface area contributed by atoms with Crippen LogP contribution in [0.1, 0.15) is 16.7 Å². The third-order valence-corrected chi connectivity index (χ3v) is 5.71. The number of fused-ring (bicyclic) bond motifs is 1. The van der Waals surface area contributed by atoms with Gasteiger partial charge in [0.2, 0.25) is 5.91 Å². The van der Waals surface area contributed by atoms with Gasteiger partial charge < -0.3 is 28.8 Å². The molecule has 11 heteroatoms. The fourth-order valence-electron chi connectivity index (χ4n) is 3.33. The molecule has 3 N–H and O–H groups in total. The smallest absolute Gasteiger partial charge is 0.414 e. The molecular weight excluding hydrogens is 472 g/mol. The molecule has 10 nitrogen and oxygen atoms in total. The molecule has 2 aromatic carbocycles. The van der Waals surface area contributed by atoms with Crippen LogP contribution in [0.4, 0.5) is 10.5 Å². The van der Waals surface area contributed by atoms with Crippen molar-refractivity contribution in [1.82, 2.24) is 14.5 Å². The van der Waals surface area contributed by atoms with Gasteiger partial charge in [0.15, 0.2) is 11.5 Å². The van der Waals surface area contributed by atoms with Crippen LogP contribution in [0.2, 0.25) is 0 Å². The van der Waals surface area contributed by atoms with Gasteiger partial charge in [-0.2, -0.15) is 0 Å². The van der Waals surface area contributed by atoms with E-state index in [0.29, 0.717) is 16.5 Å². The van der Waals surface area contributed by atoms with Crippen LogP contribution in [-0.2, 0) is 17.6 Å². The maximum atomic E-state index is 13.1. The molecule has 3 rings (SSSR count). The van der Waals surface area contributed by atoms with Crippen molar-refractivity contribution in [3.8, 4) is 11.5 Å². The minimum absolute atomic E-state index is 0.0751. The number of nitrogens with one attached hydrogen (secondary N) is 2. The summed E-state index contributed by atoms with van der Waals surface area (Å²) in [5.74, 6) is -0.694. The summed E-state index contributed by atoms with van der Waals surface area (Å²) in [5, 5.41) is 10.9. The largest absolute Gasteiger partial charge is 0.504 e. The highest BCUT2D eigenvalue weighted by Crippen LogP contribution is 2.34. The van der Waals surface area contributed by atoms with Crippen molar-refractivity contribution < 1.29 is 23.8 Å². The summed E-state index contributed by atoms with van der Waals surface area (Å²) in [6.07, 6.45) is -0.563. The quantitative estimate of drug-likeness (QED) is 0.316. The Morgan fingerprint density at radius 3 is 2.49 bits per heavy atom. The van der Waals surface area contributed by atoms with Crippen LogP contribution < -0.4 is 19.8 Å². The first-order valence-corrected chi connectivity index (χ1v) is 11.5. The molecular formula is C24H28N4O6S. The number of rotatable bonds is 8. The molecule has 35 heavy (non-hydrogen) atoms. The number of benzene rings is 2. The molecule has 0 spiro atoms. The highest BCUT2D eigenvalue weighted by atomic mass is 32.2. The van der Waals surface area contributed by atoms with E-state index in [9.17, 15) is 19.5 Å². The molecule has 1 aromatic heterocycles. The van der Waals surface area contributed by atoms with E-state index in [4.69, 9.17) is 9.15 Å². The second-order valence-electron chi connectivity index (χ2n) is 8.18. The Morgan fingerprint density at radius 2 is 1.83 bits per heavy atom. The predicted octanol–water partition coefficient (Wildman–Crippen LogP) is 2.98. The van der Waals surface area contributed by atoms with Crippen molar-refractivity contribution >= 4 is 40.8 Å². The number of ether oxygens (including phenoxy) is 1. The number of nitrogens with zero attached hydrogens (tertiary/aromatic N) is 2. The van der Waals surface area contributed by atoms with Gasteiger partial charge >= 0.3 is 11.7 Å². The van der Waals surface area contributed by atoms with E-state index in [1.807, 2.05) is 24.3 Å². The van der Waals surface area contributed by atoms with Gasteiger partial charge in [-0.05, 0) is 36.4 Å². The topological polar surface area (TPSA) is 124 Å². The van der Waals surface area contributed by atoms with Crippen molar-refractivity contribution in [2.75, 3.05) is 40.0 Å². The summed E-state index contributed by atoms with van der Waals surface area (Å²) in [7, 11) is 8.04. The average Bonchev–Trinajstić information content (AvgIpc) is 2.81. The van der Waals surface area contributed by atoms with Crippen molar-refractivity contribution in [1.29, 1.82) is 0 Å². The van der Waals surface area contributed by atoms with Gasteiger partial charge in [0.25, 0.3) is 0 Å². The zero-order chi connectivity index (χ0) is 25.7. The molecule has 3 aromatic rings. The van der Waals surface area contributed by atoms with Gasteiger partial charge in [-0.15, -0.1) is 0 Å². The van der Waals surface area contributed by atoms with Gasteiger partial charge in [-0.3, -0.25) is 4.79 Å². The van der Waals surface area contributed by atoms with E-state index in [0.717, 1.165) is 11.3 Å². The first kappa shape index (κ1) is 25.9. The Balaban J connectivity index is 2.13. The van der Waals surface area contributed by atoms with Crippen LogP contribution in [0.3, 0.4) is 0 Å². The summed E-state index contributed by atoms with van der Waals surface area (Å²) in [5.41, 5.74) is 1.90. The molecule has 0 saturated heterocycles. The molecule has 0 aliphatic heterocycles. The summed E-state index contributed by atoms with van der Waals surface area (Å²) in [6, 6.07) is 10.1. The van der Waals surface area contributed by atoms with Gasteiger partial charge in [0.1, 0.15) is 5.58 Å². The Kier molecular flexibility index (Phi) is 8.26. The molecule has 0 radical (unpaired) electrons. The molecule has 0 fully saturated rings. The van der Waals surface area contributed by atoms with E-state index >= 15 is 0 Å². The number of likely N-dealkylation sites (N-methyl/N-ethyl adjacent to an activating group) is 1. The van der Waals surface area contributed by atoms with Crippen LogP contribution in [0.15, 0.2) is 45.6 Å². The Hall–Kier alpha value is -3.70. The molecule has 0 bridgehead atoms. The van der Waals surface area contributed by atoms with Gasteiger partial charge in [-0.1, -0.05) is 12.1 Å². The van der Waals surface area contributed by atoms with E-state index < -0.39 is 11.7 Å².